The molecule has 1 aliphatic rings. The van der Waals surface area contributed by atoms with E-state index < -0.39 is 5.60 Å². The van der Waals surface area contributed by atoms with Crippen molar-refractivity contribution < 1.29 is 9.53 Å². The van der Waals surface area contributed by atoms with E-state index in [9.17, 15) is 4.79 Å². The third-order valence-electron chi connectivity index (χ3n) is 4.90. The molecule has 1 fully saturated rings. The lowest BCUT2D eigenvalue weighted by molar-refractivity contribution is 0.0162. The van der Waals surface area contributed by atoms with Gasteiger partial charge >= 0.3 is 6.09 Å². The van der Waals surface area contributed by atoms with E-state index in [1.54, 1.807) is 13.4 Å². The molecule has 0 saturated carbocycles. The maximum Gasteiger partial charge on any atom is 0.410 e. The van der Waals surface area contributed by atoms with Gasteiger partial charge in [0.15, 0.2) is 5.96 Å². The molecule has 1 aromatic heterocycles. The van der Waals surface area contributed by atoms with Crippen LogP contribution in [0.4, 0.5) is 4.79 Å². The summed E-state index contributed by atoms with van der Waals surface area (Å²) >= 11 is 0. The molecule has 1 aliphatic heterocycles. The van der Waals surface area contributed by atoms with Gasteiger partial charge in [0.25, 0.3) is 0 Å². The molecule has 0 aliphatic carbocycles. The van der Waals surface area contributed by atoms with Crippen LogP contribution in [-0.4, -0.2) is 70.5 Å². The molecular formula is C20H38IN7O2. The Morgan fingerprint density at radius 3 is 2.73 bits per heavy atom. The van der Waals surface area contributed by atoms with Gasteiger partial charge < -0.3 is 24.8 Å². The molecule has 2 heterocycles. The van der Waals surface area contributed by atoms with Gasteiger partial charge in [-0.1, -0.05) is 6.92 Å². The standard InChI is InChI=1S/C20H37N7O2.HI/c1-6-17-25-24-15-27(17)13-11-23-18(21-5)22-10-9-16-8-7-12-26(14-16)19(28)29-20(2,3)4;/h15-16H,6-14H2,1-5H3,(H2,21,22,23);1H. The number of nitrogens with one attached hydrogen (secondary N) is 2. The number of hydrogen-bond acceptors (Lipinski definition) is 5. The Kier molecular flexibility index (Phi) is 11.4. The van der Waals surface area contributed by atoms with Crippen LogP contribution >= 0.6 is 24.0 Å². The summed E-state index contributed by atoms with van der Waals surface area (Å²) in [6.07, 6.45) is 5.58. The van der Waals surface area contributed by atoms with Crippen molar-refractivity contribution >= 4 is 36.0 Å². The van der Waals surface area contributed by atoms with Gasteiger partial charge in [-0.25, -0.2) is 4.79 Å². The number of hydrogen-bond donors (Lipinski definition) is 2. The Balaban J connectivity index is 0.00000450. The SMILES string of the molecule is CCc1nncn1CCNC(=NC)NCCC1CCCN(C(=O)OC(C)(C)C)C1.I. The van der Waals surface area contributed by atoms with Crippen molar-refractivity contribution in [3.8, 4) is 0 Å². The number of aromatic nitrogens is 3. The van der Waals surface area contributed by atoms with E-state index in [0.717, 1.165) is 70.2 Å². The molecule has 2 N–H and O–H groups in total. The minimum Gasteiger partial charge on any atom is -0.444 e. The molecule has 9 nitrogen and oxygen atoms in total. The monoisotopic (exact) mass is 535 g/mol. The van der Waals surface area contributed by atoms with Crippen LogP contribution in [0.1, 0.15) is 52.8 Å². The second-order valence-electron chi connectivity index (χ2n) is 8.44. The topological polar surface area (TPSA) is 96.7 Å². The van der Waals surface area contributed by atoms with E-state index in [2.05, 4.69) is 32.7 Å². The Bertz CT molecular complexity index is 672. The Labute approximate surface area is 197 Å². The van der Waals surface area contributed by atoms with Gasteiger partial charge in [-0.05, 0) is 46.0 Å². The van der Waals surface area contributed by atoms with Crippen molar-refractivity contribution in [3.63, 3.8) is 0 Å². The minimum atomic E-state index is -0.450. The van der Waals surface area contributed by atoms with Crippen molar-refractivity contribution in [2.75, 3.05) is 33.2 Å². The third kappa shape index (κ3) is 9.05. The highest BCUT2D eigenvalue weighted by atomic mass is 127. The number of nitrogens with zero attached hydrogens (tertiary/aromatic N) is 5. The van der Waals surface area contributed by atoms with E-state index in [-0.39, 0.29) is 30.1 Å². The molecule has 0 radical (unpaired) electrons. The van der Waals surface area contributed by atoms with Crippen LogP contribution in [0.2, 0.25) is 0 Å². The largest absolute Gasteiger partial charge is 0.444 e. The fourth-order valence-electron chi connectivity index (χ4n) is 3.44. The molecule has 1 unspecified atom stereocenters. The lowest BCUT2D eigenvalue weighted by Gasteiger charge is -2.34. The molecule has 0 aromatic carbocycles. The summed E-state index contributed by atoms with van der Waals surface area (Å²) in [5.41, 5.74) is -0.450. The van der Waals surface area contributed by atoms with E-state index in [0.29, 0.717) is 5.92 Å². The predicted octanol–water partition coefficient (Wildman–Crippen LogP) is 2.66. The zero-order chi connectivity index (χ0) is 21.3. The van der Waals surface area contributed by atoms with Crippen LogP contribution in [0.15, 0.2) is 11.3 Å². The van der Waals surface area contributed by atoms with E-state index in [1.165, 1.54) is 0 Å². The lowest BCUT2D eigenvalue weighted by atomic mass is 9.95. The number of halogens is 1. The highest BCUT2D eigenvalue weighted by Gasteiger charge is 2.27. The van der Waals surface area contributed by atoms with Gasteiger partial charge in [-0.2, -0.15) is 0 Å². The van der Waals surface area contributed by atoms with Gasteiger partial charge in [0.1, 0.15) is 17.8 Å². The van der Waals surface area contributed by atoms with Crippen molar-refractivity contribution in [2.24, 2.45) is 10.9 Å². The zero-order valence-electron chi connectivity index (χ0n) is 19.0. The molecule has 1 aromatic rings. The van der Waals surface area contributed by atoms with E-state index in [4.69, 9.17) is 4.74 Å². The van der Waals surface area contributed by atoms with Crippen molar-refractivity contribution in [3.05, 3.63) is 12.2 Å². The summed E-state index contributed by atoms with van der Waals surface area (Å²) in [7, 11) is 1.77. The number of aryl methyl sites for hydroxylation is 1. The first-order chi connectivity index (χ1) is 13.8. The average Bonchev–Trinajstić information content (AvgIpc) is 3.13. The summed E-state index contributed by atoms with van der Waals surface area (Å²) in [6.45, 7) is 11.7. The molecule has 1 atom stereocenters. The minimum absolute atomic E-state index is 0. The highest BCUT2D eigenvalue weighted by Crippen LogP contribution is 2.21. The second kappa shape index (κ2) is 13.0. The van der Waals surface area contributed by atoms with E-state index >= 15 is 0 Å². The fourth-order valence-corrected chi connectivity index (χ4v) is 3.44. The number of piperidine rings is 1. The van der Waals surface area contributed by atoms with Crippen LogP contribution in [0.3, 0.4) is 0 Å². The predicted molar refractivity (Wildman–Crippen MR) is 129 cm³/mol. The quantitative estimate of drug-likeness (QED) is 0.317. The normalized spacial score (nSPS) is 17.3. The number of rotatable bonds is 7. The molecule has 172 valence electrons. The lowest BCUT2D eigenvalue weighted by Crippen LogP contribution is -2.44. The van der Waals surface area contributed by atoms with Crippen molar-refractivity contribution in [1.29, 1.82) is 0 Å². The van der Waals surface area contributed by atoms with Gasteiger partial charge in [-0.15, -0.1) is 34.2 Å². The summed E-state index contributed by atoms with van der Waals surface area (Å²) in [5, 5.41) is 14.7. The number of carbonyl (C=O) groups excluding carboxylic acids is 1. The number of likely N-dealkylation sites (tertiary alicyclic amines) is 1. The fraction of sp³-hybridized carbons (Fsp3) is 0.800. The first kappa shape index (κ1) is 26.4. The number of guanidine groups is 1. The van der Waals surface area contributed by atoms with Crippen LogP contribution < -0.4 is 10.6 Å². The van der Waals surface area contributed by atoms with Crippen LogP contribution in [0.25, 0.3) is 0 Å². The molecular weight excluding hydrogens is 497 g/mol. The number of carbonyl (C=O) groups is 1. The highest BCUT2D eigenvalue weighted by molar-refractivity contribution is 14.0. The number of aliphatic imine (C=N–C) groups is 1. The number of ether oxygens (including phenoxy) is 1. The van der Waals surface area contributed by atoms with Crippen LogP contribution in [0.5, 0.6) is 0 Å². The third-order valence-corrected chi connectivity index (χ3v) is 4.90. The Hall–Kier alpha value is -1.59. The maximum atomic E-state index is 12.3. The summed E-state index contributed by atoms with van der Waals surface area (Å²) < 4.78 is 7.56. The first-order valence-corrected chi connectivity index (χ1v) is 10.6. The zero-order valence-corrected chi connectivity index (χ0v) is 21.3. The van der Waals surface area contributed by atoms with Gasteiger partial charge in [0.05, 0.1) is 0 Å². The summed E-state index contributed by atoms with van der Waals surface area (Å²) in [6, 6.07) is 0. The van der Waals surface area contributed by atoms with Gasteiger partial charge in [-0.3, -0.25) is 4.99 Å². The molecule has 10 heteroatoms. The number of amides is 1. The average molecular weight is 535 g/mol. The molecule has 0 spiro atoms. The van der Waals surface area contributed by atoms with Crippen LogP contribution in [-0.2, 0) is 17.7 Å². The van der Waals surface area contributed by atoms with Gasteiger partial charge in [0, 0.05) is 46.2 Å². The van der Waals surface area contributed by atoms with E-state index in [1.807, 2.05) is 30.2 Å². The van der Waals surface area contributed by atoms with Crippen LogP contribution in [0, 0.1) is 5.92 Å². The smallest absolute Gasteiger partial charge is 0.410 e. The maximum absolute atomic E-state index is 12.3. The molecule has 1 saturated heterocycles. The molecule has 1 amide bonds. The summed E-state index contributed by atoms with van der Waals surface area (Å²) in [5.74, 6) is 2.25. The Morgan fingerprint density at radius 2 is 2.07 bits per heavy atom. The molecule has 0 bridgehead atoms. The van der Waals surface area contributed by atoms with Gasteiger partial charge in [0.2, 0.25) is 0 Å². The summed E-state index contributed by atoms with van der Waals surface area (Å²) in [4.78, 5) is 18.4. The second-order valence-corrected chi connectivity index (χ2v) is 8.44. The molecule has 2 rings (SSSR count). The van der Waals surface area contributed by atoms with Crippen molar-refractivity contribution in [2.45, 2.75) is 65.5 Å². The molecule has 30 heavy (non-hydrogen) atoms. The van der Waals surface area contributed by atoms with Crippen molar-refractivity contribution in [1.82, 2.24) is 30.3 Å². The first-order valence-electron chi connectivity index (χ1n) is 10.6. The Morgan fingerprint density at radius 1 is 1.33 bits per heavy atom.